The number of aryl methyl sites for hydroxylation is 1. The van der Waals surface area contributed by atoms with Crippen molar-refractivity contribution < 1.29 is 29.0 Å². The number of fused-ring (bicyclic) bond motifs is 3. The van der Waals surface area contributed by atoms with Crippen molar-refractivity contribution in [2.45, 2.75) is 19.9 Å². The number of nitrogens with zero attached hydrogens (tertiary/aromatic N) is 1. The molecule has 1 saturated heterocycles. The fourth-order valence-electron chi connectivity index (χ4n) is 4.54. The fraction of sp³-hybridized carbons (Fsp3) is 0.261. The number of furan rings is 1. The number of nitrogens with one attached hydrogen (secondary N) is 1. The van der Waals surface area contributed by atoms with Crippen molar-refractivity contribution >= 4 is 28.4 Å². The van der Waals surface area contributed by atoms with Gasteiger partial charge in [-0.2, -0.15) is 0 Å². The minimum atomic E-state index is -0.590. The van der Waals surface area contributed by atoms with E-state index in [4.69, 9.17) is 4.42 Å². The summed E-state index contributed by atoms with van der Waals surface area (Å²) in [5.74, 6) is -2.43. The summed E-state index contributed by atoms with van der Waals surface area (Å²) in [4.78, 5) is 41.1. The van der Waals surface area contributed by atoms with E-state index >= 15 is 0 Å². The van der Waals surface area contributed by atoms with Crippen molar-refractivity contribution in [2.75, 3.05) is 19.6 Å². The number of carbonyl (C=O) groups is 3. The van der Waals surface area contributed by atoms with Crippen LogP contribution in [-0.4, -0.2) is 58.3 Å². The minimum absolute atomic E-state index is 0.0505. The summed E-state index contributed by atoms with van der Waals surface area (Å²) < 4.78 is 5.65. The van der Waals surface area contributed by atoms with Crippen LogP contribution in [0.15, 0.2) is 28.7 Å². The third-order valence-corrected chi connectivity index (χ3v) is 6.00. The van der Waals surface area contributed by atoms with Gasteiger partial charge in [0, 0.05) is 36.8 Å². The molecule has 0 bridgehead atoms. The predicted molar refractivity (Wildman–Crippen MR) is 111 cm³/mol. The van der Waals surface area contributed by atoms with Gasteiger partial charge in [-0.25, -0.2) is 0 Å². The van der Waals surface area contributed by atoms with Crippen LogP contribution >= 0.6 is 0 Å². The van der Waals surface area contributed by atoms with E-state index in [1.807, 2.05) is 6.92 Å². The van der Waals surface area contributed by atoms with Crippen LogP contribution in [0, 0.1) is 6.92 Å². The van der Waals surface area contributed by atoms with E-state index in [2.05, 4.69) is 5.32 Å². The molecular weight excluding hydrogens is 400 g/mol. The van der Waals surface area contributed by atoms with Gasteiger partial charge in [-0.1, -0.05) is 24.3 Å². The van der Waals surface area contributed by atoms with Crippen molar-refractivity contribution in [3.05, 3.63) is 57.8 Å². The molecule has 8 nitrogen and oxygen atoms in total. The van der Waals surface area contributed by atoms with E-state index in [0.29, 0.717) is 19.6 Å². The van der Waals surface area contributed by atoms with E-state index in [1.165, 1.54) is 12.1 Å². The van der Waals surface area contributed by atoms with Gasteiger partial charge in [0.25, 0.3) is 5.91 Å². The Morgan fingerprint density at radius 2 is 1.71 bits per heavy atom. The van der Waals surface area contributed by atoms with Crippen molar-refractivity contribution in [3.63, 3.8) is 0 Å². The van der Waals surface area contributed by atoms with E-state index in [0.717, 1.165) is 0 Å². The smallest absolute Gasteiger partial charge is 0.258 e. The van der Waals surface area contributed by atoms with E-state index in [9.17, 15) is 24.6 Å². The molecule has 8 heteroatoms. The maximum absolute atomic E-state index is 13.3. The highest BCUT2D eigenvalue weighted by molar-refractivity contribution is 6.33. The Bertz CT molecular complexity index is 1310. The zero-order valence-corrected chi connectivity index (χ0v) is 17.0. The first-order valence-electron chi connectivity index (χ1n) is 10.0. The first kappa shape index (κ1) is 19.3. The largest absolute Gasteiger partial charge is 0.506 e. The number of piperazine rings is 1. The highest BCUT2D eigenvalue weighted by Crippen LogP contribution is 2.47. The molecule has 2 aromatic carbocycles. The second-order valence-corrected chi connectivity index (χ2v) is 7.99. The van der Waals surface area contributed by atoms with Crippen molar-refractivity contribution in [1.82, 2.24) is 10.2 Å². The van der Waals surface area contributed by atoms with Crippen LogP contribution in [0.25, 0.3) is 11.0 Å². The molecule has 0 saturated carbocycles. The summed E-state index contributed by atoms with van der Waals surface area (Å²) in [6.45, 7) is 5.07. The number of carbonyl (C=O) groups excluding carboxylic acids is 3. The summed E-state index contributed by atoms with van der Waals surface area (Å²) in [5.41, 5.74) is -0.435. The molecule has 31 heavy (non-hydrogen) atoms. The Balaban J connectivity index is 1.76. The molecule has 1 aromatic heterocycles. The van der Waals surface area contributed by atoms with E-state index in [-0.39, 0.29) is 56.5 Å². The second kappa shape index (κ2) is 6.68. The van der Waals surface area contributed by atoms with Gasteiger partial charge >= 0.3 is 0 Å². The molecule has 0 radical (unpaired) electrons. The molecule has 1 unspecified atom stereocenters. The van der Waals surface area contributed by atoms with Gasteiger partial charge in [0.1, 0.15) is 11.5 Å². The summed E-state index contributed by atoms with van der Waals surface area (Å²) >= 11 is 0. The van der Waals surface area contributed by atoms with Gasteiger partial charge in [-0.3, -0.25) is 14.4 Å². The van der Waals surface area contributed by atoms with Crippen LogP contribution in [0.3, 0.4) is 0 Å². The average Bonchev–Trinajstić information content (AvgIpc) is 3.11. The average molecular weight is 420 g/mol. The monoisotopic (exact) mass is 420 g/mol. The molecule has 2 aliphatic rings. The molecule has 0 spiro atoms. The minimum Gasteiger partial charge on any atom is -0.506 e. The lowest BCUT2D eigenvalue weighted by molar-refractivity contribution is 0.0708. The second-order valence-electron chi connectivity index (χ2n) is 7.99. The fourth-order valence-corrected chi connectivity index (χ4v) is 4.54. The molecule has 1 aliphatic carbocycles. The topological polar surface area (TPSA) is 120 Å². The summed E-state index contributed by atoms with van der Waals surface area (Å²) in [6.07, 6.45) is 0. The molecular formula is C23H20N2O6. The van der Waals surface area contributed by atoms with Crippen molar-refractivity contribution in [1.29, 1.82) is 0 Å². The van der Waals surface area contributed by atoms with Gasteiger partial charge in [0.2, 0.25) is 0 Å². The molecule has 1 aliphatic heterocycles. The third kappa shape index (κ3) is 2.61. The van der Waals surface area contributed by atoms with E-state index < -0.39 is 23.1 Å². The number of hydrogen-bond acceptors (Lipinski definition) is 7. The molecule has 1 amide bonds. The van der Waals surface area contributed by atoms with Gasteiger partial charge in [0.05, 0.1) is 22.1 Å². The normalized spacial score (nSPS) is 18.3. The molecule has 2 heterocycles. The zero-order chi connectivity index (χ0) is 22.0. The summed E-state index contributed by atoms with van der Waals surface area (Å²) in [6, 6.07) is 6.32. The number of rotatable bonds is 1. The van der Waals surface area contributed by atoms with Gasteiger partial charge in [-0.15, -0.1) is 0 Å². The first-order valence-corrected chi connectivity index (χ1v) is 10.0. The summed E-state index contributed by atoms with van der Waals surface area (Å²) in [5, 5.41) is 25.2. The number of phenols is 2. The van der Waals surface area contributed by atoms with Crippen LogP contribution < -0.4 is 5.32 Å². The number of benzene rings is 2. The number of hydrogen-bond donors (Lipinski definition) is 3. The number of phenolic OH excluding ortho intramolecular Hbond substituents is 2. The van der Waals surface area contributed by atoms with Gasteiger partial charge < -0.3 is 24.8 Å². The first-order chi connectivity index (χ1) is 14.8. The zero-order valence-electron chi connectivity index (χ0n) is 17.0. The quantitative estimate of drug-likeness (QED) is 0.404. The maximum atomic E-state index is 13.3. The Morgan fingerprint density at radius 3 is 2.32 bits per heavy atom. The van der Waals surface area contributed by atoms with Crippen molar-refractivity contribution in [2.24, 2.45) is 0 Å². The standard InChI is InChI=1S/C23H20N2O6/c1-10-9-25(8-7-24-10)23(30)14-11(2)31-22-17(14)20(28)15-16(21(22)29)19(27)13-6-4-3-5-12(13)18(15)26/h3-6,10,24,28-29H,7-9H2,1-2H3. The lowest BCUT2D eigenvalue weighted by atomic mass is 9.82. The lowest BCUT2D eigenvalue weighted by Gasteiger charge is -2.32. The van der Waals surface area contributed by atoms with Crippen molar-refractivity contribution in [3.8, 4) is 11.5 Å². The van der Waals surface area contributed by atoms with Crippen LogP contribution in [0.1, 0.15) is 54.9 Å². The molecule has 1 fully saturated rings. The lowest BCUT2D eigenvalue weighted by Crippen LogP contribution is -2.51. The Labute approximate surface area is 177 Å². The molecule has 5 rings (SSSR count). The molecule has 158 valence electrons. The molecule has 3 N–H and O–H groups in total. The summed E-state index contributed by atoms with van der Waals surface area (Å²) in [7, 11) is 0. The van der Waals surface area contributed by atoms with E-state index in [1.54, 1.807) is 24.0 Å². The Kier molecular flexibility index (Phi) is 4.16. The number of amides is 1. The Hall–Kier alpha value is -3.65. The van der Waals surface area contributed by atoms with Crippen LogP contribution in [0.2, 0.25) is 0 Å². The SMILES string of the molecule is Cc1oc2c(O)c3c(c(O)c2c1C(=O)N1CCNC(C)C1)C(=O)c1ccccc1C3=O. The number of aromatic hydroxyl groups is 2. The highest BCUT2D eigenvalue weighted by Gasteiger charge is 2.39. The highest BCUT2D eigenvalue weighted by atomic mass is 16.4. The number of ketones is 2. The Morgan fingerprint density at radius 1 is 1.10 bits per heavy atom. The van der Waals surface area contributed by atoms with Gasteiger partial charge in [0.15, 0.2) is 22.9 Å². The molecule has 3 aromatic rings. The van der Waals surface area contributed by atoms with Gasteiger partial charge in [-0.05, 0) is 13.8 Å². The third-order valence-electron chi connectivity index (χ3n) is 6.00. The van der Waals surface area contributed by atoms with Crippen LogP contribution in [0.5, 0.6) is 11.5 Å². The molecule has 1 atom stereocenters. The van der Waals surface area contributed by atoms with Crippen LogP contribution in [0.4, 0.5) is 0 Å². The predicted octanol–water partition coefficient (Wildman–Crippen LogP) is 2.36. The maximum Gasteiger partial charge on any atom is 0.258 e. The van der Waals surface area contributed by atoms with Crippen LogP contribution in [-0.2, 0) is 0 Å².